The first-order valence-electron chi connectivity index (χ1n) is 11.7. The molecule has 1 aliphatic heterocycles. The van der Waals surface area contributed by atoms with E-state index >= 15 is 0 Å². The molecule has 1 saturated heterocycles. The number of amides is 1. The van der Waals surface area contributed by atoms with Crippen molar-refractivity contribution in [3.63, 3.8) is 0 Å². The van der Waals surface area contributed by atoms with Crippen molar-refractivity contribution < 1.29 is 19.0 Å². The minimum absolute atomic E-state index is 0.152. The van der Waals surface area contributed by atoms with E-state index in [1.807, 2.05) is 85.9 Å². The van der Waals surface area contributed by atoms with Crippen LogP contribution in [0.3, 0.4) is 0 Å². The van der Waals surface area contributed by atoms with Gasteiger partial charge in [0.1, 0.15) is 18.8 Å². The molecular weight excluding hydrogens is 486 g/mol. The highest BCUT2D eigenvalue weighted by atomic mass is 32.2. The molecule has 5 nitrogen and oxygen atoms in total. The van der Waals surface area contributed by atoms with E-state index in [2.05, 4.69) is 31.3 Å². The summed E-state index contributed by atoms with van der Waals surface area (Å²) >= 11 is 5.43. The van der Waals surface area contributed by atoms with Crippen LogP contribution in [0.15, 0.2) is 65.6 Å². The number of hydrogen-bond acceptors (Lipinski definition) is 7. The Labute approximate surface area is 216 Å². The van der Waals surface area contributed by atoms with Crippen LogP contribution in [0, 0.1) is 0 Å². The fourth-order valence-electron chi connectivity index (χ4n) is 3.74. The molecule has 2 aromatic rings. The molecule has 186 valence electrons. The molecule has 8 heteroatoms. The van der Waals surface area contributed by atoms with Gasteiger partial charge in [-0.25, -0.2) is 4.79 Å². The molecule has 3 rings (SSSR count). The number of nitrogens with one attached hydrogen (secondary N) is 1. The lowest BCUT2D eigenvalue weighted by molar-refractivity contribution is -0.146. The number of rotatable bonds is 12. The monoisotopic (exact) mass is 521 g/mol. The van der Waals surface area contributed by atoms with Crippen molar-refractivity contribution in [3.8, 4) is 0 Å². The van der Waals surface area contributed by atoms with Gasteiger partial charge in [0.15, 0.2) is 5.79 Å². The Morgan fingerprint density at radius 3 is 2.18 bits per heavy atom. The molecule has 34 heavy (non-hydrogen) atoms. The number of ether oxygens (including phenoxy) is 3. The van der Waals surface area contributed by atoms with E-state index in [0.717, 1.165) is 22.0 Å². The molecule has 1 aliphatic rings. The highest BCUT2D eigenvalue weighted by Crippen LogP contribution is 2.40. The largest absolute Gasteiger partial charge is 0.445 e. The van der Waals surface area contributed by atoms with Crippen LogP contribution in [0.5, 0.6) is 0 Å². The van der Waals surface area contributed by atoms with E-state index in [1.165, 1.54) is 0 Å². The zero-order valence-corrected chi connectivity index (χ0v) is 22.7. The second-order valence-corrected chi connectivity index (χ2v) is 12.5. The fourth-order valence-corrected chi connectivity index (χ4v) is 7.40. The normalized spacial score (nSPS) is 20.3. The van der Waals surface area contributed by atoms with Crippen molar-refractivity contribution in [2.75, 3.05) is 17.3 Å². The van der Waals surface area contributed by atoms with E-state index in [1.54, 1.807) is 11.8 Å². The van der Waals surface area contributed by atoms with Gasteiger partial charge in [0.2, 0.25) is 0 Å². The molecule has 0 bridgehead atoms. The van der Waals surface area contributed by atoms with E-state index < -0.39 is 11.9 Å². The molecule has 1 fully saturated rings. The first-order chi connectivity index (χ1) is 16.4. The van der Waals surface area contributed by atoms with E-state index in [9.17, 15) is 4.79 Å². The predicted molar refractivity (Wildman–Crippen MR) is 145 cm³/mol. The van der Waals surface area contributed by atoms with Gasteiger partial charge in [-0.1, -0.05) is 62.4 Å². The fraction of sp³-hybridized carbons (Fsp3) is 0.500. The quantitative estimate of drug-likeness (QED) is 0.255. The van der Waals surface area contributed by atoms with E-state index in [4.69, 9.17) is 14.2 Å². The molecule has 0 aromatic heterocycles. The minimum atomic E-state index is -0.721. The van der Waals surface area contributed by atoms with Gasteiger partial charge in [0, 0.05) is 10.6 Å². The van der Waals surface area contributed by atoms with Crippen LogP contribution in [0.1, 0.15) is 33.3 Å². The Bertz CT molecular complexity index is 863. The molecule has 0 unspecified atom stereocenters. The van der Waals surface area contributed by atoms with Crippen molar-refractivity contribution in [1.29, 1.82) is 0 Å². The first kappa shape index (κ1) is 27.3. The van der Waals surface area contributed by atoms with Gasteiger partial charge in [0.25, 0.3) is 0 Å². The number of carbonyl (C=O) groups excluding carboxylic acids is 1. The van der Waals surface area contributed by atoms with Crippen molar-refractivity contribution in [1.82, 2.24) is 5.32 Å². The lowest BCUT2D eigenvalue weighted by Crippen LogP contribution is -2.51. The number of hydrogen-bond donors (Lipinski definition) is 1. The zero-order chi connectivity index (χ0) is 24.4. The molecule has 1 heterocycles. The lowest BCUT2D eigenvalue weighted by Gasteiger charge is -2.30. The molecule has 1 amide bonds. The van der Waals surface area contributed by atoms with Crippen LogP contribution in [0.2, 0.25) is 0 Å². The highest BCUT2D eigenvalue weighted by molar-refractivity contribution is 8.17. The van der Waals surface area contributed by atoms with Gasteiger partial charge in [-0.3, -0.25) is 0 Å². The maximum atomic E-state index is 12.8. The molecule has 3 atom stereocenters. The standard InChI is InChI=1S/C26H35NO4S3/c1-5-32-24(33-6-2)23-22(30-26(3,4)31-23)21(18-34-20-15-11-8-12-16-20)27-25(28)29-17-19-13-9-7-10-14-19/h7-16,21-24H,5-6,17-18H2,1-4H3,(H,27,28)/t21-,22+,23-/m1/s1. The number of carbonyl (C=O) groups is 1. The molecule has 2 aromatic carbocycles. The average Bonchev–Trinajstić information content (AvgIpc) is 3.16. The summed E-state index contributed by atoms with van der Waals surface area (Å²) in [5, 5.41) is 3.10. The van der Waals surface area contributed by atoms with Crippen LogP contribution in [-0.2, 0) is 20.8 Å². The average molecular weight is 522 g/mol. The summed E-state index contributed by atoms with van der Waals surface area (Å²) in [4.78, 5) is 14.0. The van der Waals surface area contributed by atoms with E-state index in [0.29, 0.717) is 5.75 Å². The number of benzene rings is 2. The molecule has 0 saturated carbocycles. The Morgan fingerprint density at radius 1 is 0.971 bits per heavy atom. The summed E-state index contributed by atoms with van der Waals surface area (Å²) in [6.07, 6.45) is -0.892. The summed E-state index contributed by atoms with van der Waals surface area (Å²) in [6, 6.07) is 19.6. The molecule has 0 aliphatic carbocycles. The smallest absolute Gasteiger partial charge is 0.407 e. The van der Waals surface area contributed by atoms with Crippen LogP contribution in [0.4, 0.5) is 4.79 Å². The van der Waals surface area contributed by atoms with Gasteiger partial charge >= 0.3 is 6.09 Å². The SMILES string of the molecule is CCSC(SCC)[C@@H]1OC(C)(C)O[C@H]1[C@@H](CSc1ccccc1)NC(=O)OCc1ccccc1. The van der Waals surface area contributed by atoms with Crippen molar-refractivity contribution >= 4 is 41.4 Å². The summed E-state index contributed by atoms with van der Waals surface area (Å²) in [5.41, 5.74) is 0.950. The topological polar surface area (TPSA) is 56.8 Å². The van der Waals surface area contributed by atoms with Gasteiger partial charge in [-0.15, -0.1) is 35.3 Å². The Morgan fingerprint density at radius 2 is 1.56 bits per heavy atom. The Kier molecular flexibility index (Phi) is 11.0. The van der Waals surface area contributed by atoms with Crippen LogP contribution >= 0.6 is 35.3 Å². The Balaban J connectivity index is 1.76. The third kappa shape index (κ3) is 8.41. The molecular formula is C26H35NO4S3. The second kappa shape index (κ2) is 13.7. The molecule has 0 spiro atoms. The van der Waals surface area contributed by atoms with Gasteiger partial charge < -0.3 is 19.5 Å². The highest BCUT2D eigenvalue weighted by Gasteiger charge is 2.49. The third-order valence-electron chi connectivity index (χ3n) is 5.18. The van der Waals surface area contributed by atoms with Crippen molar-refractivity contribution in [2.24, 2.45) is 0 Å². The summed E-state index contributed by atoms with van der Waals surface area (Å²) in [5.74, 6) is 1.90. The maximum Gasteiger partial charge on any atom is 0.407 e. The van der Waals surface area contributed by atoms with Gasteiger partial charge in [-0.05, 0) is 43.0 Å². The van der Waals surface area contributed by atoms with Crippen LogP contribution < -0.4 is 5.32 Å². The van der Waals surface area contributed by atoms with Crippen molar-refractivity contribution in [2.45, 2.75) is 67.8 Å². The first-order valence-corrected chi connectivity index (χ1v) is 14.7. The third-order valence-corrected chi connectivity index (χ3v) is 8.99. The summed E-state index contributed by atoms with van der Waals surface area (Å²) in [6.45, 7) is 8.43. The lowest BCUT2D eigenvalue weighted by atomic mass is 10.1. The zero-order valence-electron chi connectivity index (χ0n) is 20.3. The van der Waals surface area contributed by atoms with Crippen molar-refractivity contribution in [3.05, 3.63) is 66.2 Å². The maximum absolute atomic E-state index is 12.8. The molecule has 1 N–H and O–H groups in total. The van der Waals surface area contributed by atoms with Crippen LogP contribution in [0.25, 0.3) is 0 Å². The minimum Gasteiger partial charge on any atom is -0.445 e. The summed E-state index contributed by atoms with van der Waals surface area (Å²) < 4.78 is 18.6. The number of thioether (sulfide) groups is 3. The second-order valence-electron chi connectivity index (χ2n) is 8.28. The predicted octanol–water partition coefficient (Wildman–Crippen LogP) is 6.43. The van der Waals surface area contributed by atoms with Gasteiger partial charge in [-0.2, -0.15) is 0 Å². The number of alkyl carbamates (subject to hydrolysis) is 1. The Hall–Kier alpha value is -1.32. The van der Waals surface area contributed by atoms with E-state index in [-0.39, 0.29) is 29.4 Å². The molecule has 0 radical (unpaired) electrons. The summed E-state index contributed by atoms with van der Waals surface area (Å²) in [7, 11) is 0. The van der Waals surface area contributed by atoms with Crippen LogP contribution in [-0.4, -0.2) is 52.0 Å². The van der Waals surface area contributed by atoms with Gasteiger partial charge in [0.05, 0.1) is 10.6 Å².